The summed E-state index contributed by atoms with van der Waals surface area (Å²) in [6.07, 6.45) is -4.06. The van der Waals surface area contributed by atoms with Gasteiger partial charge in [0.15, 0.2) is 0 Å². The minimum atomic E-state index is -4.55. The highest BCUT2D eigenvalue weighted by Crippen LogP contribution is 2.38. The highest BCUT2D eigenvalue weighted by Gasteiger charge is 2.34. The number of rotatable bonds is 6. The predicted octanol–water partition coefficient (Wildman–Crippen LogP) is 3.96. The molecule has 0 heterocycles. The Labute approximate surface area is 135 Å². The summed E-state index contributed by atoms with van der Waals surface area (Å²) in [6.45, 7) is 3.02. The van der Waals surface area contributed by atoms with Gasteiger partial charge in [0.25, 0.3) is 0 Å². The first-order chi connectivity index (χ1) is 10.0. The molecule has 0 bridgehead atoms. The van der Waals surface area contributed by atoms with Gasteiger partial charge in [0.1, 0.15) is 5.78 Å². The molecular formula is C15H19BrF3NO2. The number of benzene rings is 1. The summed E-state index contributed by atoms with van der Waals surface area (Å²) >= 11 is 3.03. The summed E-state index contributed by atoms with van der Waals surface area (Å²) in [6, 6.07) is 2.49. The molecule has 3 nitrogen and oxygen atoms in total. The van der Waals surface area contributed by atoms with Crippen molar-refractivity contribution >= 4 is 27.4 Å². The van der Waals surface area contributed by atoms with Gasteiger partial charge in [0, 0.05) is 10.4 Å². The van der Waals surface area contributed by atoms with Crippen molar-refractivity contribution in [3.05, 3.63) is 27.7 Å². The SMILES string of the molecule is CC(=O)[C@H](CCC(C)O)Cc1cc(Br)c(N)c(C(F)(F)F)c1. The molecule has 0 fully saturated rings. The van der Waals surface area contributed by atoms with Gasteiger partial charge in [-0.3, -0.25) is 4.79 Å². The molecule has 0 aliphatic heterocycles. The molecule has 0 saturated carbocycles. The monoisotopic (exact) mass is 381 g/mol. The van der Waals surface area contributed by atoms with E-state index in [2.05, 4.69) is 15.9 Å². The number of nitrogen functional groups attached to an aromatic ring is 1. The maximum absolute atomic E-state index is 13.0. The average molecular weight is 382 g/mol. The highest BCUT2D eigenvalue weighted by molar-refractivity contribution is 9.10. The van der Waals surface area contributed by atoms with Crippen LogP contribution in [0, 0.1) is 5.92 Å². The third-order valence-corrected chi connectivity index (χ3v) is 4.14. The summed E-state index contributed by atoms with van der Waals surface area (Å²) < 4.78 is 39.0. The van der Waals surface area contributed by atoms with Crippen molar-refractivity contribution in [1.29, 1.82) is 0 Å². The smallest absolute Gasteiger partial charge is 0.397 e. The number of carbonyl (C=O) groups is 1. The number of carbonyl (C=O) groups excluding carboxylic acids is 1. The number of alkyl halides is 3. The zero-order valence-corrected chi connectivity index (χ0v) is 14.0. The van der Waals surface area contributed by atoms with Crippen molar-refractivity contribution in [2.24, 2.45) is 5.92 Å². The lowest BCUT2D eigenvalue weighted by atomic mass is 9.90. The van der Waals surface area contributed by atoms with Gasteiger partial charge < -0.3 is 10.8 Å². The number of ketones is 1. The number of aliphatic hydroxyl groups excluding tert-OH is 1. The molecule has 22 heavy (non-hydrogen) atoms. The lowest BCUT2D eigenvalue weighted by molar-refractivity contribution is -0.137. The summed E-state index contributed by atoms with van der Waals surface area (Å²) in [5, 5.41) is 9.30. The Kier molecular flexibility index (Phi) is 6.43. The first kappa shape index (κ1) is 19.0. The Morgan fingerprint density at radius 2 is 1.95 bits per heavy atom. The normalized spacial score (nSPS) is 14.7. The Bertz CT molecular complexity index is 544. The molecule has 1 aromatic rings. The van der Waals surface area contributed by atoms with Crippen LogP contribution in [0.15, 0.2) is 16.6 Å². The molecule has 0 saturated heterocycles. The molecule has 0 amide bonds. The van der Waals surface area contributed by atoms with Crippen LogP contribution in [0.2, 0.25) is 0 Å². The highest BCUT2D eigenvalue weighted by atomic mass is 79.9. The Morgan fingerprint density at radius 3 is 2.41 bits per heavy atom. The molecule has 7 heteroatoms. The number of halogens is 4. The molecule has 0 aromatic heterocycles. The first-order valence-electron chi connectivity index (χ1n) is 6.86. The van der Waals surface area contributed by atoms with E-state index in [1.54, 1.807) is 6.92 Å². The molecule has 3 N–H and O–H groups in total. The second kappa shape index (κ2) is 7.46. The maximum atomic E-state index is 13.0. The zero-order valence-electron chi connectivity index (χ0n) is 12.4. The van der Waals surface area contributed by atoms with Gasteiger partial charge in [-0.25, -0.2) is 0 Å². The van der Waals surface area contributed by atoms with Crippen molar-refractivity contribution in [3.63, 3.8) is 0 Å². The number of Topliss-reactive ketones (excluding diaryl/α,β-unsaturated/α-hetero) is 1. The van der Waals surface area contributed by atoms with E-state index in [9.17, 15) is 23.1 Å². The van der Waals surface area contributed by atoms with E-state index in [-0.39, 0.29) is 22.4 Å². The van der Waals surface area contributed by atoms with Gasteiger partial charge in [-0.05, 0) is 66.7 Å². The van der Waals surface area contributed by atoms with Crippen molar-refractivity contribution in [3.8, 4) is 0 Å². The van der Waals surface area contributed by atoms with Crippen molar-refractivity contribution in [2.75, 3.05) is 5.73 Å². The summed E-state index contributed by atoms with van der Waals surface area (Å²) in [7, 11) is 0. The minimum Gasteiger partial charge on any atom is -0.397 e. The predicted molar refractivity (Wildman–Crippen MR) is 82.3 cm³/mol. The van der Waals surface area contributed by atoms with Gasteiger partial charge in [-0.2, -0.15) is 13.2 Å². The van der Waals surface area contributed by atoms with E-state index in [1.807, 2.05) is 0 Å². The standard InChI is InChI=1S/C15H19BrF3NO2/c1-8(21)3-4-11(9(2)22)5-10-6-12(15(17,18)19)14(20)13(16)7-10/h6-8,11,21H,3-5,20H2,1-2H3/t8?,11-/m1/s1. The number of hydrogen-bond donors (Lipinski definition) is 2. The molecule has 1 rings (SSSR count). The van der Waals surface area contributed by atoms with Crippen molar-refractivity contribution in [1.82, 2.24) is 0 Å². The van der Waals surface area contributed by atoms with E-state index in [0.717, 1.165) is 6.07 Å². The average Bonchev–Trinajstić information content (AvgIpc) is 2.36. The Hall–Kier alpha value is -1.08. The molecule has 1 aromatic carbocycles. The van der Waals surface area contributed by atoms with Crippen LogP contribution >= 0.6 is 15.9 Å². The fourth-order valence-electron chi connectivity index (χ4n) is 2.20. The number of nitrogens with two attached hydrogens (primary N) is 1. The van der Waals surface area contributed by atoms with E-state index < -0.39 is 23.8 Å². The van der Waals surface area contributed by atoms with Gasteiger partial charge >= 0.3 is 6.18 Å². The van der Waals surface area contributed by atoms with Crippen LogP contribution in [0.3, 0.4) is 0 Å². The van der Waals surface area contributed by atoms with Crippen LogP contribution in [0.4, 0.5) is 18.9 Å². The molecule has 1 unspecified atom stereocenters. The van der Waals surface area contributed by atoms with Crippen molar-refractivity contribution < 1.29 is 23.1 Å². The van der Waals surface area contributed by atoms with E-state index in [1.165, 1.54) is 13.0 Å². The van der Waals surface area contributed by atoms with Gasteiger partial charge in [-0.1, -0.05) is 0 Å². The lowest BCUT2D eigenvalue weighted by Crippen LogP contribution is -2.17. The molecule has 0 spiro atoms. The van der Waals surface area contributed by atoms with Crippen LogP contribution in [-0.2, 0) is 17.4 Å². The van der Waals surface area contributed by atoms with Gasteiger partial charge in [0.05, 0.1) is 17.4 Å². The molecule has 0 radical (unpaired) electrons. The summed E-state index contributed by atoms with van der Waals surface area (Å²) in [4.78, 5) is 11.7. The largest absolute Gasteiger partial charge is 0.418 e. The number of anilines is 1. The second-order valence-electron chi connectivity index (χ2n) is 5.47. The van der Waals surface area contributed by atoms with Crippen molar-refractivity contribution in [2.45, 2.75) is 45.4 Å². The van der Waals surface area contributed by atoms with Crippen LogP contribution in [0.5, 0.6) is 0 Å². The molecule has 2 atom stereocenters. The fourth-order valence-corrected chi connectivity index (χ4v) is 2.71. The second-order valence-corrected chi connectivity index (χ2v) is 6.33. The third kappa shape index (κ3) is 5.28. The number of hydrogen-bond acceptors (Lipinski definition) is 3. The molecule has 124 valence electrons. The minimum absolute atomic E-state index is 0.109. The van der Waals surface area contributed by atoms with E-state index >= 15 is 0 Å². The fraction of sp³-hybridized carbons (Fsp3) is 0.533. The van der Waals surface area contributed by atoms with E-state index in [0.29, 0.717) is 18.4 Å². The quantitative estimate of drug-likeness (QED) is 0.733. The maximum Gasteiger partial charge on any atom is 0.418 e. The topological polar surface area (TPSA) is 63.3 Å². The van der Waals surface area contributed by atoms with E-state index in [4.69, 9.17) is 5.73 Å². The molecule has 0 aliphatic rings. The summed E-state index contributed by atoms with van der Waals surface area (Å²) in [5.74, 6) is -0.534. The summed E-state index contributed by atoms with van der Waals surface area (Å²) in [5.41, 5.74) is 4.58. The number of aliphatic hydroxyl groups is 1. The lowest BCUT2D eigenvalue weighted by Gasteiger charge is -2.18. The molecule has 0 aliphatic carbocycles. The Balaban J connectivity index is 3.05. The first-order valence-corrected chi connectivity index (χ1v) is 7.65. The molecular weight excluding hydrogens is 363 g/mol. The van der Waals surface area contributed by atoms with Gasteiger partial charge in [0.2, 0.25) is 0 Å². The van der Waals surface area contributed by atoms with Crippen LogP contribution in [0.25, 0.3) is 0 Å². The third-order valence-electron chi connectivity index (χ3n) is 3.48. The Morgan fingerprint density at radius 1 is 1.36 bits per heavy atom. The van der Waals surface area contributed by atoms with Crippen LogP contribution in [-0.4, -0.2) is 17.0 Å². The van der Waals surface area contributed by atoms with Gasteiger partial charge in [-0.15, -0.1) is 0 Å². The van der Waals surface area contributed by atoms with Crippen LogP contribution < -0.4 is 5.73 Å². The zero-order chi connectivity index (χ0) is 17.1. The van der Waals surface area contributed by atoms with Crippen LogP contribution in [0.1, 0.15) is 37.8 Å².